The zero-order valence-corrected chi connectivity index (χ0v) is 16.8. The van der Waals surface area contributed by atoms with E-state index in [1.54, 1.807) is 28.8 Å². The molecule has 0 unspecified atom stereocenters. The van der Waals surface area contributed by atoms with Crippen LogP contribution in [-0.2, 0) is 10.4 Å². The molecule has 2 aromatic carbocycles. The highest BCUT2D eigenvalue weighted by molar-refractivity contribution is 6.04. The zero-order valence-electron chi connectivity index (χ0n) is 16.8. The van der Waals surface area contributed by atoms with Crippen molar-refractivity contribution in [1.29, 1.82) is 0 Å². The Morgan fingerprint density at radius 3 is 2.70 bits per heavy atom. The molecule has 152 valence electrons. The van der Waals surface area contributed by atoms with E-state index in [4.69, 9.17) is 4.98 Å². The van der Waals surface area contributed by atoms with Crippen LogP contribution in [0.4, 0.5) is 5.69 Å². The van der Waals surface area contributed by atoms with E-state index < -0.39 is 17.6 Å². The number of para-hydroxylation sites is 2. The minimum absolute atomic E-state index is 0.0613. The van der Waals surface area contributed by atoms with Crippen LogP contribution in [0.3, 0.4) is 0 Å². The summed E-state index contributed by atoms with van der Waals surface area (Å²) in [6.45, 7) is 4.33. The Labute approximate surface area is 173 Å². The number of aliphatic hydroxyl groups is 1. The average Bonchev–Trinajstić information content (AvgIpc) is 2.98. The third-order valence-corrected chi connectivity index (χ3v) is 5.94. The molecule has 0 saturated heterocycles. The number of carbonyl (C=O) groups excluding carboxylic acids is 1. The molecule has 7 heteroatoms. The lowest BCUT2D eigenvalue weighted by molar-refractivity contribution is -0.135. The first kappa shape index (κ1) is 18.6. The summed E-state index contributed by atoms with van der Waals surface area (Å²) in [5.41, 5.74) is 1.68. The lowest BCUT2D eigenvalue weighted by Crippen LogP contribution is -2.45. The van der Waals surface area contributed by atoms with Crippen LogP contribution in [-0.4, -0.2) is 27.1 Å². The van der Waals surface area contributed by atoms with Gasteiger partial charge < -0.3 is 15.7 Å². The number of rotatable bonds is 2. The molecule has 2 aliphatic heterocycles. The van der Waals surface area contributed by atoms with Gasteiger partial charge in [0, 0.05) is 24.2 Å². The second-order valence-corrected chi connectivity index (χ2v) is 8.10. The summed E-state index contributed by atoms with van der Waals surface area (Å²) in [7, 11) is 0. The minimum Gasteiger partial charge on any atom is -0.380 e. The van der Waals surface area contributed by atoms with E-state index in [1.807, 2.05) is 38.1 Å². The van der Waals surface area contributed by atoms with Crippen LogP contribution in [0, 0.1) is 0 Å². The van der Waals surface area contributed by atoms with E-state index >= 15 is 0 Å². The van der Waals surface area contributed by atoms with Crippen molar-refractivity contribution in [3.05, 3.63) is 75.8 Å². The van der Waals surface area contributed by atoms with Crippen LogP contribution >= 0.6 is 0 Å². The van der Waals surface area contributed by atoms with Gasteiger partial charge in [-0.3, -0.25) is 14.2 Å². The highest BCUT2D eigenvalue weighted by Gasteiger charge is 2.47. The molecule has 0 bridgehead atoms. The molecule has 7 nitrogen and oxygen atoms in total. The summed E-state index contributed by atoms with van der Waals surface area (Å²) in [6.07, 6.45) is 0.0613. The molecule has 1 amide bonds. The van der Waals surface area contributed by atoms with Crippen molar-refractivity contribution in [3.63, 3.8) is 0 Å². The van der Waals surface area contributed by atoms with Crippen LogP contribution in [0.25, 0.3) is 16.6 Å². The smallest absolute Gasteiger partial charge is 0.262 e. The van der Waals surface area contributed by atoms with Gasteiger partial charge in [0.05, 0.1) is 22.6 Å². The van der Waals surface area contributed by atoms with Crippen molar-refractivity contribution in [2.45, 2.75) is 31.9 Å². The predicted molar refractivity (Wildman–Crippen MR) is 115 cm³/mol. The average molecular weight is 402 g/mol. The molecule has 3 heterocycles. The van der Waals surface area contributed by atoms with Crippen molar-refractivity contribution >= 4 is 28.2 Å². The fourth-order valence-corrected chi connectivity index (χ4v) is 4.46. The molecule has 2 aliphatic rings. The Kier molecular flexibility index (Phi) is 4.04. The van der Waals surface area contributed by atoms with Crippen LogP contribution < -0.4 is 16.2 Å². The maximum absolute atomic E-state index is 13.4. The van der Waals surface area contributed by atoms with Crippen LogP contribution in [0.15, 0.2) is 58.9 Å². The normalized spacial score (nSPS) is 22.3. The molecule has 1 aromatic heterocycles. The van der Waals surface area contributed by atoms with Gasteiger partial charge in [0.25, 0.3) is 11.5 Å². The maximum atomic E-state index is 13.4. The Morgan fingerprint density at radius 2 is 1.90 bits per heavy atom. The zero-order chi connectivity index (χ0) is 21.0. The van der Waals surface area contributed by atoms with Crippen LogP contribution in [0.1, 0.15) is 37.7 Å². The van der Waals surface area contributed by atoms with Crippen molar-refractivity contribution in [2.75, 3.05) is 11.9 Å². The van der Waals surface area contributed by atoms with Crippen molar-refractivity contribution < 1.29 is 9.90 Å². The van der Waals surface area contributed by atoms with Gasteiger partial charge in [0.1, 0.15) is 0 Å². The molecule has 2 atom stereocenters. The fraction of sp³-hybridized carbons (Fsp3) is 0.261. The van der Waals surface area contributed by atoms with Crippen molar-refractivity contribution in [2.24, 2.45) is 0 Å². The Bertz CT molecular complexity index is 1290. The lowest BCUT2D eigenvalue weighted by Gasteiger charge is -2.34. The Hall–Kier alpha value is -3.45. The number of amides is 1. The predicted octanol–water partition coefficient (Wildman–Crippen LogP) is 2.52. The molecular weight excluding hydrogens is 380 g/mol. The molecule has 0 saturated carbocycles. The molecule has 0 radical (unpaired) electrons. The molecule has 5 rings (SSSR count). The summed E-state index contributed by atoms with van der Waals surface area (Å²) in [4.78, 5) is 30.9. The number of hydrogen-bond donors (Lipinski definition) is 3. The first-order valence-corrected chi connectivity index (χ1v) is 9.96. The van der Waals surface area contributed by atoms with E-state index in [-0.39, 0.29) is 12.0 Å². The summed E-state index contributed by atoms with van der Waals surface area (Å²) >= 11 is 0. The van der Waals surface area contributed by atoms with Gasteiger partial charge in [-0.2, -0.15) is 0 Å². The number of nitrogens with zero attached hydrogens (tertiary/aromatic N) is 2. The fourth-order valence-electron chi connectivity index (χ4n) is 4.46. The monoisotopic (exact) mass is 402 g/mol. The number of fused-ring (bicyclic) bond motifs is 3. The van der Waals surface area contributed by atoms with Gasteiger partial charge in [-0.1, -0.05) is 30.3 Å². The summed E-state index contributed by atoms with van der Waals surface area (Å²) < 4.78 is 1.63. The molecule has 3 N–H and O–H groups in total. The molecule has 30 heavy (non-hydrogen) atoms. The number of benzene rings is 2. The third-order valence-electron chi connectivity index (χ3n) is 5.94. The van der Waals surface area contributed by atoms with Gasteiger partial charge in [0.2, 0.25) is 0 Å². The Morgan fingerprint density at radius 1 is 1.17 bits per heavy atom. The quantitative estimate of drug-likeness (QED) is 0.612. The van der Waals surface area contributed by atoms with E-state index in [9.17, 15) is 14.7 Å². The molecule has 0 aliphatic carbocycles. The van der Waals surface area contributed by atoms with Gasteiger partial charge >= 0.3 is 0 Å². The largest absolute Gasteiger partial charge is 0.380 e. The number of allylic oxidation sites excluding steroid dienone is 1. The van der Waals surface area contributed by atoms with Gasteiger partial charge in [0.15, 0.2) is 11.4 Å². The SMILES string of the molecule is CC(C)=C1NC[C@@H](C[C@@]2(O)C(=O)Nc3ccccc32)n2c1nc1ccccc1c2=O. The molecule has 3 aromatic rings. The topological polar surface area (TPSA) is 96.2 Å². The van der Waals surface area contributed by atoms with E-state index in [2.05, 4.69) is 10.6 Å². The summed E-state index contributed by atoms with van der Waals surface area (Å²) in [6, 6.07) is 13.9. The second-order valence-electron chi connectivity index (χ2n) is 8.10. The first-order chi connectivity index (χ1) is 14.4. The second kappa shape index (κ2) is 6.53. The van der Waals surface area contributed by atoms with E-state index in [0.717, 1.165) is 11.3 Å². The van der Waals surface area contributed by atoms with Crippen molar-refractivity contribution in [1.82, 2.24) is 14.9 Å². The van der Waals surface area contributed by atoms with Gasteiger partial charge in [-0.05, 0) is 37.6 Å². The Balaban J connectivity index is 1.68. The highest BCUT2D eigenvalue weighted by Crippen LogP contribution is 2.41. The number of hydrogen-bond acceptors (Lipinski definition) is 5. The van der Waals surface area contributed by atoms with Gasteiger partial charge in [-0.15, -0.1) is 0 Å². The van der Waals surface area contributed by atoms with E-state index in [0.29, 0.717) is 34.5 Å². The number of aromatic nitrogens is 2. The van der Waals surface area contributed by atoms with Crippen molar-refractivity contribution in [3.8, 4) is 0 Å². The first-order valence-electron chi connectivity index (χ1n) is 9.96. The van der Waals surface area contributed by atoms with Gasteiger partial charge in [-0.25, -0.2) is 4.98 Å². The molecule has 0 fully saturated rings. The summed E-state index contributed by atoms with van der Waals surface area (Å²) in [5, 5.41) is 18.0. The number of carbonyl (C=O) groups is 1. The third kappa shape index (κ3) is 2.59. The lowest BCUT2D eigenvalue weighted by atomic mass is 9.87. The number of anilines is 1. The maximum Gasteiger partial charge on any atom is 0.262 e. The molecular formula is C23H22N4O3. The number of nitrogens with one attached hydrogen (secondary N) is 2. The highest BCUT2D eigenvalue weighted by atomic mass is 16.3. The molecule has 0 spiro atoms. The van der Waals surface area contributed by atoms with Crippen LogP contribution in [0.2, 0.25) is 0 Å². The van der Waals surface area contributed by atoms with E-state index in [1.165, 1.54) is 0 Å². The van der Waals surface area contributed by atoms with Crippen LogP contribution in [0.5, 0.6) is 0 Å². The summed E-state index contributed by atoms with van der Waals surface area (Å²) in [5.74, 6) is 0.0605. The standard InChI is InChI=1S/C23H22N4O3/c1-13(2)19-20-25-17-9-5-3-7-15(17)21(28)27(20)14(12-24-19)11-23(30)16-8-4-6-10-18(16)26-22(23)29/h3-10,14,24,30H,11-12H2,1-2H3,(H,26,29)/t14-,23+/m1/s1. The minimum atomic E-state index is -1.71.